The molecule has 0 aromatic carbocycles. The van der Waals surface area contributed by atoms with Crippen LogP contribution in [0.25, 0.3) is 0 Å². The average Bonchev–Trinajstić information content (AvgIpc) is 1.72. The minimum absolute atomic E-state index is 1.75. The molecule has 2 heteroatoms. The average molecular weight is 76.9 g/mol. The van der Waals surface area contributed by atoms with Crippen LogP contribution < -0.4 is 4.99 Å². The van der Waals surface area contributed by atoms with Gasteiger partial charge in [0.1, 0.15) is 0 Å². The molecular weight excluding hydrogens is 72.9 g/mol. The van der Waals surface area contributed by atoms with Crippen LogP contribution in [-0.2, 0) is 0 Å². The summed E-state index contributed by atoms with van der Waals surface area (Å²) in [6.07, 6.45) is 5.39. The van der Waals surface area contributed by atoms with Gasteiger partial charge in [-0.1, -0.05) is 0 Å². The molecule has 0 saturated carbocycles. The molecule has 1 nitrogen and oxygen atoms in total. The number of hydrogen-bond acceptors (Lipinski definition) is 1. The summed E-state index contributed by atoms with van der Waals surface area (Å²) in [4.78, 5) is 3.78. The van der Waals surface area contributed by atoms with Crippen LogP contribution in [0.2, 0.25) is 0 Å². The van der Waals surface area contributed by atoms with Crippen LogP contribution in [0.15, 0.2) is 12.3 Å². The first-order valence-corrected chi connectivity index (χ1v) is 1.85. The number of aliphatic imine (C=N–C) groups is 1. The van der Waals surface area contributed by atoms with Crippen LogP contribution in [0.1, 0.15) is 0 Å². The van der Waals surface area contributed by atoms with Crippen molar-refractivity contribution in [2.75, 3.05) is 0 Å². The van der Waals surface area contributed by atoms with E-state index in [9.17, 15) is 0 Å². The van der Waals surface area contributed by atoms with Crippen LogP contribution in [0.4, 0.5) is 0 Å². The van der Waals surface area contributed by atoms with Crippen LogP contribution in [0, 0.1) is 0 Å². The summed E-state index contributed by atoms with van der Waals surface area (Å²) in [5.74, 6) is 1.94. The first-order valence-electron chi connectivity index (χ1n) is 1.85. The van der Waals surface area contributed by atoms with Crippen molar-refractivity contribution in [1.82, 2.24) is 4.99 Å². The predicted octanol–water partition coefficient (Wildman–Crippen LogP) is -0.616. The summed E-state index contributed by atoms with van der Waals surface area (Å²) in [7, 11) is 0. The van der Waals surface area contributed by atoms with Gasteiger partial charge in [0, 0.05) is 0 Å². The topological polar surface area (TPSA) is 14.1 Å². The van der Waals surface area contributed by atoms with Crippen LogP contribution >= 0.6 is 0 Å². The quantitative estimate of drug-likeness (QED) is 0.342. The van der Waals surface area contributed by atoms with Crippen molar-refractivity contribution < 1.29 is 0 Å². The first-order chi connectivity index (χ1) is 3.00. The Balaban J connectivity index is 2.77. The third-order valence-electron chi connectivity index (χ3n) is 0.566. The third-order valence-corrected chi connectivity index (χ3v) is 0.566. The molecule has 1 aliphatic rings. The van der Waals surface area contributed by atoms with E-state index in [1.165, 1.54) is 0 Å². The number of nitrogens with zero attached hydrogens (tertiary/aromatic N) is 1. The molecular formula is C4H4BN+. The molecule has 0 amide bonds. The minimum atomic E-state index is 1.75. The van der Waals surface area contributed by atoms with Crippen molar-refractivity contribution in [3.63, 3.8) is 0 Å². The molecule has 0 unspecified atom stereocenters. The summed E-state index contributed by atoms with van der Waals surface area (Å²) in [5.41, 5.74) is 0. The Morgan fingerprint density at radius 2 is 2.50 bits per heavy atom. The van der Waals surface area contributed by atoms with Gasteiger partial charge in [0.25, 0.3) is 0 Å². The Morgan fingerprint density at radius 3 is 2.67 bits per heavy atom. The van der Waals surface area contributed by atoms with E-state index in [2.05, 4.69) is 4.99 Å². The maximum absolute atomic E-state index is 3.78. The van der Waals surface area contributed by atoms with Crippen molar-refractivity contribution >= 4 is 19.0 Å². The second-order valence-corrected chi connectivity index (χ2v) is 1.02. The zero-order valence-electron chi connectivity index (χ0n) is 3.33. The molecule has 1 rings (SSSR count). The first kappa shape index (κ1) is 3.53. The Hall–Kier alpha value is -0.655. The van der Waals surface area contributed by atoms with E-state index in [0.717, 1.165) is 0 Å². The fraction of sp³-hybridized carbons (Fsp3) is 0. The van der Waals surface area contributed by atoms with Crippen molar-refractivity contribution in [2.45, 2.75) is 0 Å². The van der Waals surface area contributed by atoms with Crippen LogP contribution in [-0.4, -0.2) is 19.0 Å². The summed E-state index contributed by atoms with van der Waals surface area (Å²) in [5, 5.41) is 0. The Kier molecular flexibility index (Phi) is 1.00. The summed E-state index contributed by atoms with van der Waals surface area (Å²) < 4.78 is 0. The molecule has 6 heavy (non-hydrogen) atoms. The Labute approximate surface area is 37.3 Å². The fourth-order valence-electron chi connectivity index (χ4n) is 0.313. The molecule has 0 aliphatic carbocycles. The van der Waals surface area contributed by atoms with Crippen molar-refractivity contribution in [2.24, 2.45) is 0 Å². The van der Waals surface area contributed by atoms with Gasteiger partial charge < -0.3 is 0 Å². The van der Waals surface area contributed by atoms with Gasteiger partial charge in [0.05, 0.1) is 0 Å². The van der Waals surface area contributed by atoms with Gasteiger partial charge >= 0.3 is 36.3 Å². The predicted molar refractivity (Wildman–Crippen MR) is 29.2 cm³/mol. The number of rotatable bonds is 0. The molecule has 0 fully saturated rings. The SMILES string of the molecule is B1=CC=C[N+]=C1. The zero-order valence-corrected chi connectivity index (χ0v) is 3.33. The molecule has 0 bridgehead atoms. The molecule has 0 atom stereocenters. The molecule has 0 N–H and O–H groups in total. The van der Waals surface area contributed by atoms with Gasteiger partial charge in [-0.2, -0.15) is 0 Å². The Morgan fingerprint density at radius 1 is 1.50 bits per heavy atom. The van der Waals surface area contributed by atoms with E-state index in [1.54, 1.807) is 12.3 Å². The summed E-state index contributed by atoms with van der Waals surface area (Å²) in [6.45, 7) is 1.89. The summed E-state index contributed by atoms with van der Waals surface area (Å²) in [6, 6.07) is 0. The van der Waals surface area contributed by atoms with E-state index < -0.39 is 0 Å². The second kappa shape index (κ2) is 1.70. The van der Waals surface area contributed by atoms with Gasteiger partial charge in [0.2, 0.25) is 0 Å². The van der Waals surface area contributed by atoms with E-state index in [1.807, 2.05) is 19.0 Å². The number of hydrogen-bond donors (Lipinski definition) is 0. The van der Waals surface area contributed by atoms with E-state index in [0.29, 0.717) is 0 Å². The van der Waals surface area contributed by atoms with Crippen molar-refractivity contribution in [3.8, 4) is 0 Å². The molecule has 0 aromatic rings. The molecule has 1 radical (unpaired) electrons. The van der Waals surface area contributed by atoms with E-state index in [4.69, 9.17) is 0 Å². The molecule has 0 spiro atoms. The zero-order chi connectivity index (χ0) is 4.24. The van der Waals surface area contributed by atoms with Gasteiger partial charge in [0.15, 0.2) is 0 Å². The molecule has 0 saturated heterocycles. The second-order valence-electron chi connectivity index (χ2n) is 1.02. The maximum atomic E-state index is 3.78. The molecule has 1 heterocycles. The standard InChI is InChI=1S/C4H4BN/c1-2-5-4-6-3-1/h1-4H/q+1. The normalized spacial score (nSPS) is 14.7. The van der Waals surface area contributed by atoms with Gasteiger partial charge in [-0.3, -0.25) is 0 Å². The van der Waals surface area contributed by atoms with E-state index >= 15 is 0 Å². The van der Waals surface area contributed by atoms with Crippen molar-refractivity contribution in [3.05, 3.63) is 12.3 Å². The molecule has 0 aromatic heterocycles. The molecule has 1 aliphatic heterocycles. The van der Waals surface area contributed by atoms with Gasteiger partial charge in [-0.25, -0.2) is 0 Å². The Bertz CT molecular complexity index is 76.9. The van der Waals surface area contributed by atoms with E-state index in [-0.39, 0.29) is 0 Å². The van der Waals surface area contributed by atoms with Gasteiger partial charge in [-0.05, 0) is 0 Å². The van der Waals surface area contributed by atoms with Crippen molar-refractivity contribution in [1.29, 1.82) is 0 Å². The monoisotopic (exact) mass is 77.0 g/mol. The summed E-state index contributed by atoms with van der Waals surface area (Å²) >= 11 is 0. The van der Waals surface area contributed by atoms with Gasteiger partial charge in [-0.15, -0.1) is 0 Å². The van der Waals surface area contributed by atoms with Crippen LogP contribution in [0.3, 0.4) is 0 Å². The fourth-order valence-corrected chi connectivity index (χ4v) is 0.313. The van der Waals surface area contributed by atoms with Crippen LogP contribution in [0.5, 0.6) is 0 Å². The molecule has 27 valence electrons. The number of allylic oxidation sites excluding steroid dienone is 1. The third kappa shape index (κ3) is 0.644.